The average molecular weight is 457 g/mol. The van der Waals surface area contributed by atoms with Crippen LogP contribution in [0.25, 0.3) is 26.8 Å². The molecule has 144 valence electrons. The summed E-state index contributed by atoms with van der Waals surface area (Å²) in [6, 6.07) is 13.2. The van der Waals surface area contributed by atoms with E-state index in [0.717, 1.165) is 26.3 Å². The first kappa shape index (κ1) is 18.6. The van der Waals surface area contributed by atoms with E-state index in [1.807, 2.05) is 17.5 Å². The Kier molecular flexibility index (Phi) is 5.01. The molecule has 0 saturated carbocycles. The van der Waals surface area contributed by atoms with Crippen molar-refractivity contribution in [1.82, 2.24) is 19.4 Å². The zero-order valence-electron chi connectivity index (χ0n) is 14.8. The summed E-state index contributed by atoms with van der Waals surface area (Å²) >= 11 is 10.8. The molecule has 5 rings (SSSR count). The number of H-pyrrole nitrogens is 1. The van der Waals surface area contributed by atoms with Crippen LogP contribution < -0.4 is 5.56 Å². The van der Waals surface area contributed by atoms with E-state index in [-0.39, 0.29) is 5.56 Å². The van der Waals surface area contributed by atoms with E-state index in [1.54, 1.807) is 47.1 Å². The van der Waals surface area contributed by atoms with Crippen LogP contribution in [0, 0.1) is 0 Å². The quantitative estimate of drug-likeness (QED) is 0.338. The van der Waals surface area contributed by atoms with Crippen molar-refractivity contribution in [2.45, 2.75) is 10.9 Å². The molecule has 0 aromatic carbocycles. The van der Waals surface area contributed by atoms with Crippen LogP contribution in [0.15, 0.2) is 69.4 Å². The van der Waals surface area contributed by atoms with Crippen LogP contribution in [0.1, 0.15) is 5.69 Å². The molecule has 0 bridgehead atoms. The second-order valence-electron chi connectivity index (χ2n) is 6.17. The Morgan fingerprint density at radius 1 is 1.07 bits per heavy atom. The van der Waals surface area contributed by atoms with Crippen molar-refractivity contribution in [3.8, 4) is 21.1 Å². The van der Waals surface area contributed by atoms with E-state index in [4.69, 9.17) is 16.6 Å². The number of thioether (sulfide) groups is 1. The predicted octanol–water partition coefficient (Wildman–Crippen LogP) is 5.82. The van der Waals surface area contributed by atoms with Crippen molar-refractivity contribution in [3.05, 3.63) is 80.5 Å². The van der Waals surface area contributed by atoms with Gasteiger partial charge in [-0.25, -0.2) is 9.97 Å². The highest BCUT2D eigenvalue weighted by molar-refractivity contribution is 7.98. The molecule has 5 aromatic rings. The summed E-state index contributed by atoms with van der Waals surface area (Å²) in [6.07, 6.45) is 1.58. The van der Waals surface area contributed by atoms with E-state index in [2.05, 4.69) is 27.5 Å². The van der Waals surface area contributed by atoms with Crippen LogP contribution in [-0.2, 0) is 5.75 Å². The largest absolute Gasteiger partial charge is 0.332 e. The summed E-state index contributed by atoms with van der Waals surface area (Å²) < 4.78 is 1.45. The van der Waals surface area contributed by atoms with Gasteiger partial charge in [0.25, 0.3) is 5.56 Å². The lowest BCUT2D eigenvalue weighted by atomic mass is 10.2. The third kappa shape index (κ3) is 3.76. The number of rotatable bonds is 5. The Bertz CT molecular complexity index is 1290. The molecule has 0 spiro atoms. The molecule has 0 atom stereocenters. The molecule has 5 aromatic heterocycles. The molecule has 9 heteroatoms. The van der Waals surface area contributed by atoms with Gasteiger partial charge in [-0.2, -0.15) is 0 Å². The normalized spacial score (nSPS) is 11.3. The summed E-state index contributed by atoms with van der Waals surface area (Å²) in [5.41, 5.74) is 3.10. The van der Waals surface area contributed by atoms with Crippen molar-refractivity contribution < 1.29 is 0 Å². The van der Waals surface area contributed by atoms with Crippen LogP contribution in [0.2, 0.25) is 5.02 Å². The van der Waals surface area contributed by atoms with Gasteiger partial charge in [0.15, 0.2) is 5.16 Å². The van der Waals surface area contributed by atoms with E-state index >= 15 is 0 Å². The third-order valence-electron chi connectivity index (χ3n) is 4.24. The maximum atomic E-state index is 12.4. The van der Waals surface area contributed by atoms with Gasteiger partial charge in [-0.3, -0.25) is 9.20 Å². The molecule has 29 heavy (non-hydrogen) atoms. The number of hydrogen-bond donors (Lipinski definition) is 1. The number of nitrogens with one attached hydrogen (secondary N) is 1. The number of hydrogen-bond acceptors (Lipinski definition) is 6. The predicted molar refractivity (Wildman–Crippen MR) is 121 cm³/mol. The lowest BCUT2D eigenvalue weighted by molar-refractivity contribution is 1.01. The fourth-order valence-corrected chi connectivity index (χ4v) is 5.32. The minimum Gasteiger partial charge on any atom is -0.332 e. The number of aromatic nitrogens is 4. The van der Waals surface area contributed by atoms with Crippen LogP contribution in [0.3, 0.4) is 0 Å². The van der Waals surface area contributed by atoms with Crippen molar-refractivity contribution in [2.24, 2.45) is 0 Å². The minimum absolute atomic E-state index is 0.147. The van der Waals surface area contributed by atoms with Gasteiger partial charge < -0.3 is 4.98 Å². The van der Waals surface area contributed by atoms with E-state index in [1.165, 1.54) is 16.2 Å². The Balaban J connectivity index is 1.46. The van der Waals surface area contributed by atoms with Crippen LogP contribution >= 0.6 is 46.0 Å². The van der Waals surface area contributed by atoms with Gasteiger partial charge >= 0.3 is 0 Å². The van der Waals surface area contributed by atoms with Crippen LogP contribution in [0.5, 0.6) is 0 Å². The van der Waals surface area contributed by atoms with E-state index in [9.17, 15) is 4.79 Å². The molecule has 0 unspecified atom stereocenters. The fraction of sp³-hybridized carbons (Fsp3) is 0.0500. The fourth-order valence-electron chi connectivity index (χ4n) is 2.95. The molecule has 0 aliphatic rings. The Morgan fingerprint density at radius 2 is 1.86 bits per heavy atom. The summed E-state index contributed by atoms with van der Waals surface area (Å²) in [5, 5.41) is 5.41. The number of fused-ring (bicyclic) bond motifs is 1. The zero-order chi connectivity index (χ0) is 19.8. The van der Waals surface area contributed by atoms with E-state index < -0.39 is 0 Å². The smallest absolute Gasteiger partial charge is 0.258 e. The van der Waals surface area contributed by atoms with Gasteiger partial charge in [-0.1, -0.05) is 35.5 Å². The second kappa shape index (κ2) is 7.79. The third-order valence-corrected chi connectivity index (χ3v) is 7.13. The van der Waals surface area contributed by atoms with Crippen molar-refractivity contribution in [2.75, 3.05) is 0 Å². The molecule has 0 fully saturated rings. The SMILES string of the molecule is O=c1cc(CSc2nc(-c3cccs3)c(-c3cccs3)[nH]2)nc2ccc(Cl)cn12. The number of halogens is 1. The number of aromatic amines is 1. The number of pyridine rings is 1. The lowest BCUT2D eigenvalue weighted by Gasteiger charge is -2.03. The summed E-state index contributed by atoms with van der Waals surface area (Å²) in [7, 11) is 0. The highest BCUT2D eigenvalue weighted by atomic mass is 35.5. The number of imidazole rings is 1. The van der Waals surface area contributed by atoms with E-state index in [0.29, 0.717) is 22.1 Å². The van der Waals surface area contributed by atoms with Gasteiger partial charge in [-0.15, -0.1) is 22.7 Å². The molecule has 0 radical (unpaired) electrons. The molecule has 5 heterocycles. The van der Waals surface area contributed by atoms with Gasteiger partial charge in [-0.05, 0) is 35.0 Å². The first-order valence-corrected chi connectivity index (χ1v) is 11.8. The Labute approximate surface area is 183 Å². The summed E-state index contributed by atoms with van der Waals surface area (Å²) in [5.74, 6) is 0.537. The maximum absolute atomic E-state index is 12.4. The molecule has 0 saturated heterocycles. The van der Waals surface area contributed by atoms with Gasteiger partial charge in [0.1, 0.15) is 11.3 Å². The lowest BCUT2D eigenvalue weighted by Crippen LogP contribution is -2.15. The number of nitrogens with zero attached hydrogens (tertiary/aromatic N) is 3. The van der Waals surface area contributed by atoms with Gasteiger partial charge in [0, 0.05) is 18.0 Å². The monoisotopic (exact) mass is 456 g/mol. The molecule has 5 nitrogen and oxygen atoms in total. The number of thiophene rings is 2. The van der Waals surface area contributed by atoms with Gasteiger partial charge in [0.2, 0.25) is 0 Å². The highest BCUT2D eigenvalue weighted by Crippen LogP contribution is 2.37. The molecule has 0 amide bonds. The van der Waals surface area contributed by atoms with Crippen LogP contribution in [0.4, 0.5) is 0 Å². The van der Waals surface area contributed by atoms with Crippen molar-refractivity contribution >= 4 is 51.7 Å². The minimum atomic E-state index is -0.147. The Hall–Kier alpha value is -2.39. The zero-order valence-corrected chi connectivity index (χ0v) is 18.0. The topological polar surface area (TPSA) is 63.0 Å². The first-order valence-electron chi connectivity index (χ1n) is 8.66. The average Bonchev–Trinajstić information content (AvgIpc) is 3.47. The first-order chi connectivity index (χ1) is 14.2. The molecular formula is C20H13ClN4OS3. The second-order valence-corrected chi connectivity index (χ2v) is 9.47. The van der Waals surface area contributed by atoms with Gasteiger partial charge in [0.05, 0.1) is 26.2 Å². The molecule has 0 aliphatic heterocycles. The standard InChI is InChI=1S/C20H13ClN4OS3/c21-12-5-6-16-22-13(9-17(26)25(16)10-12)11-29-20-23-18(14-3-1-7-27-14)19(24-20)15-4-2-8-28-15/h1-10H,11H2,(H,23,24). The molecule has 0 aliphatic carbocycles. The highest BCUT2D eigenvalue weighted by Gasteiger charge is 2.16. The van der Waals surface area contributed by atoms with Crippen LogP contribution in [-0.4, -0.2) is 19.4 Å². The van der Waals surface area contributed by atoms with Crippen molar-refractivity contribution in [1.29, 1.82) is 0 Å². The Morgan fingerprint density at radius 3 is 2.62 bits per heavy atom. The molecule has 1 N–H and O–H groups in total. The van der Waals surface area contributed by atoms with Crippen molar-refractivity contribution in [3.63, 3.8) is 0 Å². The maximum Gasteiger partial charge on any atom is 0.258 e. The summed E-state index contributed by atoms with van der Waals surface area (Å²) in [4.78, 5) is 27.5. The summed E-state index contributed by atoms with van der Waals surface area (Å²) in [6.45, 7) is 0. The molecular weight excluding hydrogens is 444 g/mol.